The van der Waals surface area contributed by atoms with E-state index in [0.717, 1.165) is 44.6 Å². The van der Waals surface area contributed by atoms with Gasteiger partial charge in [-0.2, -0.15) is 0 Å². The van der Waals surface area contributed by atoms with E-state index in [1.54, 1.807) is 11.9 Å². The number of benzene rings is 2. The molecule has 2 heterocycles. The third kappa shape index (κ3) is 4.41. The number of piperidine rings is 1. The Morgan fingerprint density at radius 3 is 2.53 bits per heavy atom. The van der Waals surface area contributed by atoms with Crippen LogP contribution in [0.5, 0.6) is 0 Å². The maximum absolute atomic E-state index is 13.4. The molecule has 0 saturated carbocycles. The van der Waals surface area contributed by atoms with Gasteiger partial charge in [0.1, 0.15) is 0 Å². The number of anilines is 1. The van der Waals surface area contributed by atoms with Crippen molar-refractivity contribution in [1.29, 1.82) is 0 Å². The minimum absolute atomic E-state index is 0.0620. The highest BCUT2D eigenvalue weighted by molar-refractivity contribution is 5.99. The van der Waals surface area contributed by atoms with Crippen molar-refractivity contribution in [3.8, 4) is 0 Å². The van der Waals surface area contributed by atoms with Gasteiger partial charge in [0.05, 0.1) is 5.92 Å². The molecule has 2 aromatic rings. The van der Waals surface area contributed by atoms with Gasteiger partial charge in [-0.15, -0.1) is 0 Å². The minimum atomic E-state index is -0.247. The molecule has 1 aliphatic carbocycles. The Morgan fingerprint density at radius 2 is 1.82 bits per heavy atom. The predicted molar refractivity (Wildman–Crippen MR) is 137 cm³/mol. The number of carbonyl (C=O) groups excluding carboxylic acids is 2. The number of nitrogens with zero attached hydrogens (tertiary/aromatic N) is 3. The molecule has 0 bridgehead atoms. The van der Waals surface area contributed by atoms with Crippen LogP contribution in [0.25, 0.3) is 6.08 Å². The van der Waals surface area contributed by atoms with Gasteiger partial charge in [0.15, 0.2) is 0 Å². The molecule has 1 spiro atoms. The highest BCUT2D eigenvalue weighted by Gasteiger charge is 2.38. The molecule has 0 aromatic heterocycles. The summed E-state index contributed by atoms with van der Waals surface area (Å²) in [7, 11) is 1.78. The van der Waals surface area contributed by atoms with Crippen molar-refractivity contribution in [2.45, 2.75) is 38.0 Å². The van der Waals surface area contributed by atoms with Gasteiger partial charge < -0.3 is 14.7 Å². The van der Waals surface area contributed by atoms with Gasteiger partial charge in [-0.25, -0.2) is 0 Å². The molecule has 1 atom stereocenters. The average molecular weight is 458 g/mol. The molecule has 0 N–H and O–H groups in total. The van der Waals surface area contributed by atoms with Crippen molar-refractivity contribution in [3.05, 3.63) is 71.3 Å². The van der Waals surface area contributed by atoms with Crippen molar-refractivity contribution in [1.82, 2.24) is 9.80 Å². The summed E-state index contributed by atoms with van der Waals surface area (Å²) in [5.74, 6) is -0.110. The Labute approximate surface area is 203 Å². The quantitative estimate of drug-likeness (QED) is 0.651. The van der Waals surface area contributed by atoms with E-state index in [4.69, 9.17) is 0 Å². The number of hydrogen-bond donors (Lipinski definition) is 0. The Morgan fingerprint density at radius 1 is 1.09 bits per heavy atom. The van der Waals surface area contributed by atoms with Crippen molar-refractivity contribution in [3.63, 3.8) is 0 Å². The molecule has 5 heteroatoms. The third-order valence-electron chi connectivity index (χ3n) is 7.99. The van der Waals surface area contributed by atoms with Gasteiger partial charge in [-0.3, -0.25) is 9.59 Å². The molecule has 0 radical (unpaired) electrons. The minimum Gasteiger partial charge on any atom is -0.345 e. The molecule has 2 saturated heterocycles. The second kappa shape index (κ2) is 9.38. The Balaban J connectivity index is 1.20. The van der Waals surface area contributed by atoms with E-state index in [1.807, 2.05) is 17.0 Å². The lowest BCUT2D eigenvalue weighted by Crippen LogP contribution is -2.43. The maximum atomic E-state index is 13.4. The first-order chi connectivity index (χ1) is 16.4. The van der Waals surface area contributed by atoms with Crippen LogP contribution >= 0.6 is 0 Å². The van der Waals surface area contributed by atoms with Crippen molar-refractivity contribution in [2.75, 3.05) is 44.7 Å². The fourth-order valence-electron chi connectivity index (χ4n) is 5.84. The topological polar surface area (TPSA) is 43.9 Å². The lowest BCUT2D eigenvalue weighted by Gasteiger charge is -2.39. The number of fused-ring (bicyclic) bond motifs is 2. The smallest absolute Gasteiger partial charge is 0.232 e. The highest BCUT2D eigenvalue weighted by atomic mass is 16.2. The van der Waals surface area contributed by atoms with E-state index in [9.17, 15) is 9.59 Å². The van der Waals surface area contributed by atoms with E-state index in [-0.39, 0.29) is 23.1 Å². The number of hydrogen-bond acceptors (Lipinski definition) is 3. The lowest BCUT2D eigenvalue weighted by molar-refractivity contribution is -0.127. The van der Waals surface area contributed by atoms with Crippen LogP contribution in [0.15, 0.2) is 54.6 Å². The molecule has 2 aliphatic heterocycles. The summed E-state index contributed by atoms with van der Waals surface area (Å²) in [6.07, 6.45) is 8.26. The predicted octanol–water partition coefficient (Wildman–Crippen LogP) is 4.26. The van der Waals surface area contributed by atoms with Gasteiger partial charge in [-0.1, -0.05) is 54.1 Å². The first kappa shape index (κ1) is 22.9. The molecule has 2 fully saturated rings. The largest absolute Gasteiger partial charge is 0.345 e. The van der Waals surface area contributed by atoms with Crippen LogP contribution in [0.4, 0.5) is 5.69 Å². The van der Waals surface area contributed by atoms with Gasteiger partial charge in [0, 0.05) is 37.7 Å². The summed E-state index contributed by atoms with van der Waals surface area (Å²) in [6.45, 7) is 6.41. The SMILES string of the molecule is Cc1ccc(N(CCCN2CCC3(C=Cc4ccccc43)CC2)C(=O)C2CC(=O)N(C)C2)cc1. The van der Waals surface area contributed by atoms with Crippen molar-refractivity contribution < 1.29 is 9.59 Å². The number of carbonyl (C=O) groups is 2. The van der Waals surface area contributed by atoms with Gasteiger partial charge in [0.25, 0.3) is 0 Å². The number of rotatable bonds is 6. The normalized spacial score (nSPS) is 21.3. The Kier molecular flexibility index (Phi) is 6.30. The van der Waals surface area contributed by atoms with E-state index < -0.39 is 0 Å². The van der Waals surface area contributed by atoms with Crippen LogP contribution in [0.2, 0.25) is 0 Å². The maximum Gasteiger partial charge on any atom is 0.232 e. The van der Waals surface area contributed by atoms with Gasteiger partial charge >= 0.3 is 0 Å². The Hall–Kier alpha value is -2.92. The lowest BCUT2D eigenvalue weighted by atomic mass is 9.74. The number of aryl methyl sites for hydroxylation is 1. The standard InChI is InChI=1S/C29H35N3O2/c1-22-8-10-25(11-9-22)32(28(34)24-20-27(33)30(2)21-24)17-5-16-31-18-14-29(15-19-31)13-12-23-6-3-4-7-26(23)29/h3-4,6-13,24H,5,14-21H2,1-2H3. The summed E-state index contributed by atoms with van der Waals surface area (Å²) in [6, 6.07) is 17.0. The molecule has 178 valence electrons. The van der Waals surface area contributed by atoms with Gasteiger partial charge in [-0.05, 0) is 69.1 Å². The Bertz CT molecular complexity index is 1080. The summed E-state index contributed by atoms with van der Waals surface area (Å²) < 4.78 is 0. The molecular formula is C29H35N3O2. The first-order valence-electron chi connectivity index (χ1n) is 12.6. The van der Waals surface area contributed by atoms with Crippen LogP contribution in [-0.2, 0) is 15.0 Å². The average Bonchev–Trinajstić information content (AvgIpc) is 3.38. The van der Waals surface area contributed by atoms with Crippen molar-refractivity contribution >= 4 is 23.6 Å². The van der Waals surface area contributed by atoms with Crippen LogP contribution in [0.1, 0.15) is 42.4 Å². The fourth-order valence-corrected chi connectivity index (χ4v) is 5.84. The first-order valence-corrected chi connectivity index (χ1v) is 12.6. The van der Waals surface area contributed by atoms with E-state index in [2.05, 4.69) is 60.4 Å². The van der Waals surface area contributed by atoms with E-state index in [0.29, 0.717) is 19.5 Å². The van der Waals surface area contributed by atoms with Crippen LogP contribution in [-0.4, -0.2) is 61.4 Å². The molecule has 2 amide bonds. The molecule has 5 nitrogen and oxygen atoms in total. The van der Waals surface area contributed by atoms with Gasteiger partial charge in [0.2, 0.25) is 11.8 Å². The summed E-state index contributed by atoms with van der Waals surface area (Å²) in [4.78, 5) is 31.6. The summed E-state index contributed by atoms with van der Waals surface area (Å²) >= 11 is 0. The second-order valence-electron chi connectivity index (χ2n) is 10.3. The highest BCUT2D eigenvalue weighted by Crippen LogP contribution is 2.43. The van der Waals surface area contributed by atoms with E-state index in [1.165, 1.54) is 16.7 Å². The fraction of sp³-hybridized carbons (Fsp3) is 0.448. The number of allylic oxidation sites excluding steroid dienone is 1. The van der Waals surface area contributed by atoms with Crippen LogP contribution in [0, 0.1) is 12.8 Å². The van der Waals surface area contributed by atoms with Crippen LogP contribution in [0.3, 0.4) is 0 Å². The zero-order valence-corrected chi connectivity index (χ0v) is 20.4. The second-order valence-corrected chi connectivity index (χ2v) is 10.3. The summed E-state index contributed by atoms with van der Waals surface area (Å²) in [5.41, 5.74) is 5.18. The molecular weight excluding hydrogens is 422 g/mol. The number of amides is 2. The number of likely N-dealkylation sites (tertiary alicyclic amines) is 2. The molecule has 34 heavy (non-hydrogen) atoms. The van der Waals surface area contributed by atoms with Crippen LogP contribution < -0.4 is 4.90 Å². The molecule has 3 aliphatic rings. The summed E-state index contributed by atoms with van der Waals surface area (Å²) in [5, 5.41) is 0. The third-order valence-corrected chi connectivity index (χ3v) is 7.99. The molecule has 5 rings (SSSR count). The zero-order valence-electron chi connectivity index (χ0n) is 20.4. The monoisotopic (exact) mass is 457 g/mol. The van der Waals surface area contributed by atoms with Crippen molar-refractivity contribution in [2.24, 2.45) is 5.92 Å². The molecule has 1 unspecified atom stereocenters. The van der Waals surface area contributed by atoms with E-state index >= 15 is 0 Å². The molecule has 2 aromatic carbocycles. The zero-order chi connectivity index (χ0) is 23.7.